The van der Waals surface area contributed by atoms with E-state index in [1.807, 2.05) is 0 Å². The zero-order valence-electron chi connectivity index (χ0n) is 11.2. The molecule has 0 saturated carbocycles. The Morgan fingerprint density at radius 1 is 1.47 bits per heavy atom. The van der Waals surface area contributed by atoms with Gasteiger partial charge in [-0.3, -0.25) is 9.59 Å². The molecule has 1 heterocycles. The Kier molecular flexibility index (Phi) is 3.22. The van der Waals surface area contributed by atoms with Gasteiger partial charge >= 0.3 is 5.97 Å². The summed E-state index contributed by atoms with van der Waals surface area (Å²) in [6.45, 7) is 5.05. The van der Waals surface area contributed by atoms with Crippen molar-refractivity contribution in [2.24, 2.45) is 5.92 Å². The monoisotopic (exact) mass is 263 g/mol. The van der Waals surface area contributed by atoms with Crippen molar-refractivity contribution in [2.45, 2.75) is 32.8 Å². The van der Waals surface area contributed by atoms with E-state index in [4.69, 9.17) is 9.84 Å². The highest BCUT2D eigenvalue weighted by Crippen LogP contribution is 2.34. The molecule has 1 amide bonds. The van der Waals surface area contributed by atoms with Crippen molar-refractivity contribution >= 4 is 17.6 Å². The molecule has 19 heavy (non-hydrogen) atoms. The first-order valence-corrected chi connectivity index (χ1v) is 6.16. The number of anilines is 1. The van der Waals surface area contributed by atoms with Gasteiger partial charge in [0, 0.05) is 0 Å². The Hall–Kier alpha value is -2.04. The lowest BCUT2D eigenvalue weighted by molar-refractivity contribution is -0.141. The zero-order chi connectivity index (χ0) is 14.2. The predicted molar refractivity (Wildman–Crippen MR) is 70.3 cm³/mol. The van der Waals surface area contributed by atoms with E-state index in [-0.39, 0.29) is 5.91 Å². The molecule has 1 aromatic carbocycles. The third kappa shape index (κ3) is 2.70. The molecule has 0 fully saturated rings. The lowest BCUT2D eigenvalue weighted by atomic mass is 9.99. The standard InChI is InChI=1S/C14H17NO4/c1-8(12(16)17)6-9-4-5-10-11(7-9)19-14(2,3)13(18)15-10/h4-5,7-8H,6H2,1-3H3,(H,15,18)(H,16,17). The Labute approximate surface area is 111 Å². The topological polar surface area (TPSA) is 75.6 Å². The molecule has 2 N–H and O–H groups in total. The lowest BCUT2D eigenvalue weighted by Gasteiger charge is -2.31. The molecule has 1 aromatic rings. The maximum absolute atomic E-state index is 11.7. The van der Waals surface area contributed by atoms with Gasteiger partial charge in [-0.25, -0.2) is 0 Å². The molecule has 1 aliphatic heterocycles. The van der Waals surface area contributed by atoms with Crippen LogP contribution in [0.5, 0.6) is 5.75 Å². The van der Waals surface area contributed by atoms with Crippen molar-refractivity contribution in [2.75, 3.05) is 5.32 Å². The first-order valence-electron chi connectivity index (χ1n) is 6.16. The minimum absolute atomic E-state index is 0.188. The van der Waals surface area contributed by atoms with Crippen LogP contribution in [0.15, 0.2) is 18.2 Å². The first-order chi connectivity index (χ1) is 8.79. The van der Waals surface area contributed by atoms with Crippen molar-refractivity contribution in [3.63, 3.8) is 0 Å². The van der Waals surface area contributed by atoms with E-state index in [0.717, 1.165) is 5.56 Å². The molecule has 0 radical (unpaired) electrons. The number of hydrogen-bond donors (Lipinski definition) is 2. The van der Waals surface area contributed by atoms with Gasteiger partial charge in [0.15, 0.2) is 5.60 Å². The number of carboxylic acid groups (broad SMARTS) is 1. The normalized spacial score (nSPS) is 17.9. The van der Waals surface area contributed by atoms with Crippen LogP contribution >= 0.6 is 0 Å². The molecule has 0 aliphatic carbocycles. The molecule has 102 valence electrons. The minimum Gasteiger partial charge on any atom is -0.481 e. The summed E-state index contributed by atoms with van der Waals surface area (Å²) in [6.07, 6.45) is 0.431. The van der Waals surface area contributed by atoms with Gasteiger partial charge in [-0.1, -0.05) is 13.0 Å². The fraction of sp³-hybridized carbons (Fsp3) is 0.429. The first kappa shape index (κ1) is 13.4. The number of fused-ring (bicyclic) bond motifs is 1. The van der Waals surface area contributed by atoms with Crippen LogP contribution in [0.1, 0.15) is 26.3 Å². The molecule has 5 heteroatoms. The number of ether oxygens (including phenoxy) is 1. The van der Waals surface area contributed by atoms with Gasteiger partial charge in [0.25, 0.3) is 5.91 Å². The SMILES string of the molecule is CC(Cc1ccc2c(c1)OC(C)(C)C(=O)N2)C(=O)O. The van der Waals surface area contributed by atoms with Crippen LogP contribution in [0.4, 0.5) is 5.69 Å². The predicted octanol–water partition coefficient (Wildman–Crippen LogP) is 2.06. The van der Waals surface area contributed by atoms with Crippen LogP contribution in [0, 0.1) is 5.92 Å². The van der Waals surface area contributed by atoms with Crippen molar-refractivity contribution in [3.05, 3.63) is 23.8 Å². The average Bonchev–Trinajstić information content (AvgIpc) is 2.30. The van der Waals surface area contributed by atoms with Crippen molar-refractivity contribution in [1.29, 1.82) is 0 Å². The Morgan fingerprint density at radius 3 is 2.79 bits per heavy atom. The second kappa shape index (κ2) is 4.57. The van der Waals surface area contributed by atoms with Crippen LogP contribution in [0.25, 0.3) is 0 Å². The van der Waals surface area contributed by atoms with E-state index in [2.05, 4.69) is 5.32 Å². The van der Waals surface area contributed by atoms with Gasteiger partial charge in [0.1, 0.15) is 5.75 Å². The summed E-state index contributed by atoms with van der Waals surface area (Å²) in [7, 11) is 0. The number of carbonyl (C=O) groups is 2. The van der Waals surface area contributed by atoms with E-state index in [1.165, 1.54) is 0 Å². The van der Waals surface area contributed by atoms with E-state index in [9.17, 15) is 9.59 Å². The molecular formula is C14H17NO4. The second-order valence-electron chi connectivity index (χ2n) is 5.34. The molecule has 2 rings (SSSR count). The molecule has 1 aliphatic rings. The quantitative estimate of drug-likeness (QED) is 0.875. The smallest absolute Gasteiger partial charge is 0.306 e. The summed E-state index contributed by atoms with van der Waals surface area (Å²) in [5, 5.41) is 11.7. The van der Waals surface area contributed by atoms with Crippen molar-refractivity contribution in [1.82, 2.24) is 0 Å². The van der Waals surface area contributed by atoms with Gasteiger partial charge < -0.3 is 15.2 Å². The summed E-state index contributed by atoms with van der Waals surface area (Å²) < 4.78 is 5.65. The molecule has 0 spiro atoms. The van der Waals surface area contributed by atoms with Crippen molar-refractivity contribution < 1.29 is 19.4 Å². The molecule has 1 unspecified atom stereocenters. The highest BCUT2D eigenvalue weighted by atomic mass is 16.5. The molecule has 0 saturated heterocycles. The van der Waals surface area contributed by atoms with Gasteiger partial charge in [-0.2, -0.15) is 0 Å². The zero-order valence-corrected chi connectivity index (χ0v) is 11.2. The Morgan fingerprint density at radius 2 is 2.16 bits per heavy atom. The fourth-order valence-corrected chi connectivity index (χ4v) is 1.92. The van der Waals surface area contributed by atoms with Gasteiger partial charge in [-0.15, -0.1) is 0 Å². The molecule has 1 atom stereocenters. The van der Waals surface area contributed by atoms with Crippen LogP contribution in [-0.4, -0.2) is 22.6 Å². The summed E-state index contributed by atoms with van der Waals surface area (Å²) in [6, 6.07) is 5.34. The van der Waals surface area contributed by atoms with Crippen LogP contribution in [-0.2, 0) is 16.0 Å². The van der Waals surface area contributed by atoms with Crippen LogP contribution in [0.2, 0.25) is 0 Å². The number of hydrogen-bond acceptors (Lipinski definition) is 3. The highest BCUT2D eigenvalue weighted by molar-refractivity contribution is 6.00. The molecule has 0 bridgehead atoms. The van der Waals surface area contributed by atoms with E-state index in [1.54, 1.807) is 39.0 Å². The van der Waals surface area contributed by atoms with Gasteiger partial charge in [-0.05, 0) is 38.0 Å². The number of amides is 1. The van der Waals surface area contributed by atoms with E-state index >= 15 is 0 Å². The number of aliphatic carboxylic acids is 1. The number of nitrogens with one attached hydrogen (secondary N) is 1. The van der Waals surface area contributed by atoms with Gasteiger partial charge in [0.2, 0.25) is 0 Å². The van der Waals surface area contributed by atoms with Crippen LogP contribution < -0.4 is 10.1 Å². The Bertz CT molecular complexity index is 536. The average molecular weight is 263 g/mol. The van der Waals surface area contributed by atoms with Crippen molar-refractivity contribution in [3.8, 4) is 5.75 Å². The van der Waals surface area contributed by atoms with Crippen LogP contribution in [0.3, 0.4) is 0 Å². The lowest BCUT2D eigenvalue weighted by Crippen LogP contribution is -2.45. The van der Waals surface area contributed by atoms with E-state index < -0.39 is 17.5 Å². The third-order valence-electron chi connectivity index (χ3n) is 3.17. The highest BCUT2D eigenvalue weighted by Gasteiger charge is 2.35. The largest absolute Gasteiger partial charge is 0.481 e. The summed E-state index contributed by atoms with van der Waals surface area (Å²) in [5.74, 6) is -0.886. The summed E-state index contributed by atoms with van der Waals surface area (Å²) in [4.78, 5) is 22.6. The maximum atomic E-state index is 11.7. The Balaban J connectivity index is 2.25. The van der Waals surface area contributed by atoms with E-state index in [0.29, 0.717) is 17.9 Å². The minimum atomic E-state index is -0.913. The van der Waals surface area contributed by atoms with Gasteiger partial charge in [0.05, 0.1) is 11.6 Å². The number of rotatable bonds is 3. The molecule has 0 aromatic heterocycles. The fourth-order valence-electron chi connectivity index (χ4n) is 1.92. The molecular weight excluding hydrogens is 246 g/mol. The number of carbonyl (C=O) groups excluding carboxylic acids is 1. The third-order valence-corrected chi connectivity index (χ3v) is 3.17. The number of carboxylic acids is 1. The summed E-state index contributed by atoms with van der Waals surface area (Å²) in [5.41, 5.74) is 0.584. The second-order valence-corrected chi connectivity index (χ2v) is 5.34. The summed E-state index contributed by atoms with van der Waals surface area (Å²) >= 11 is 0. The maximum Gasteiger partial charge on any atom is 0.306 e. The molecule has 5 nitrogen and oxygen atoms in total. The number of benzene rings is 1.